The average Bonchev–Trinajstić information content (AvgIpc) is 3.25. The highest BCUT2D eigenvalue weighted by atomic mass is 16.1. The molecule has 0 unspecified atom stereocenters. The molecule has 1 fully saturated rings. The standard InChI is InChI=1S/C17H20N2O/c18-11-10-17(8-9-17)12-19-16(20)15-7-3-5-13-4-1-2-6-14(13)15/h1-7H,8-12,18H2,(H,19,20). The van der Waals surface area contributed by atoms with Gasteiger partial charge >= 0.3 is 0 Å². The van der Waals surface area contributed by atoms with Crippen LogP contribution in [0.25, 0.3) is 10.8 Å². The smallest absolute Gasteiger partial charge is 0.251 e. The lowest BCUT2D eigenvalue weighted by Gasteiger charge is -2.15. The van der Waals surface area contributed by atoms with Crippen LogP contribution in [-0.2, 0) is 0 Å². The molecule has 104 valence electrons. The van der Waals surface area contributed by atoms with E-state index < -0.39 is 0 Å². The molecule has 20 heavy (non-hydrogen) atoms. The molecular formula is C17H20N2O. The molecule has 1 aliphatic rings. The molecule has 3 rings (SSSR count). The maximum atomic E-state index is 12.4. The van der Waals surface area contributed by atoms with Crippen molar-refractivity contribution in [2.24, 2.45) is 11.1 Å². The van der Waals surface area contributed by atoms with E-state index in [2.05, 4.69) is 5.32 Å². The van der Waals surface area contributed by atoms with Gasteiger partial charge in [0.2, 0.25) is 0 Å². The minimum Gasteiger partial charge on any atom is -0.351 e. The number of benzene rings is 2. The summed E-state index contributed by atoms with van der Waals surface area (Å²) in [6.45, 7) is 1.44. The molecule has 2 aromatic rings. The maximum Gasteiger partial charge on any atom is 0.251 e. The van der Waals surface area contributed by atoms with Crippen molar-refractivity contribution in [1.29, 1.82) is 0 Å². The fraction of sp³-hybridized carbons (Fsp3) is 0.353. The number of hydrogen-bond donors (Lipinski definition) is 2. The van der Waals surface area contributed by atoms with Crippen molar-refractivity contribution in [3.05, 3.63) is 48.0 Å². The molecule has 0 aromatic heterocycles. The summed E-state index contributed by atoms with van der Waals surface area (Å²) in [6, 6.07) is 13.8. The Morgan fingerprint density at radius 2 is 1.90 bits per heavy atom. The molecule has 0 radical (unpaired) electrons. The SMILES string of the molecule is NCCC1(CNC(=O)c2cccc3ccccc23)CC1. The molecule has 0 spiro atoms. The summed E-state index contributed by atoms with van der Waals surface area (Å²) < 4.78 is 0. The molecule has 3 nitrogen and oxygen atoms in total. The van der Waals surface area contributed by atoms with Crippen molar-refractivity contribution in [3.8, 4) is 0 Å². The van der Waals surface area contributed by atoms with Crippen LogP contribution in [0.1, 0.15) is 29.6 Å². The van der Waals surface area contributed by atoms with Gasteiger partial charge in [-0.1, -0.05) is 36.4 Å². The maximum absolute atomic E-state index is 12.4. The molecule has 0 heterocycles. The van der Waals surface area contributed by atoms with E-state index in [-0.39, 0.29) is 11.3 Å². The van der Waals surface area contributed by atoms with Crippen molar-refractivity contribution in [2.75, 3.05) is 13.1 Å². The van der Waals surface area contributed by atoms with Crippen LogP contribution in [0.4, 0.5) is 0 Å². The van der Waals surface area contributed by atoms with Gasteiger partial charge in [-0.25, -0.2) is 0 Å². The Balaban J connectivity index is 1.76. The van der Waals surface area contributed by atoms with Crippen LogP contribution >= 0.6 is 0 Å². The van der Waals surface area contributed by atoms with Crippen LogP contribution < -0.4 is 11.1 Å². The van der Waals surface area contributed by atoms with Gasteiger partial charge in [-0.15, -0.1) is 0 Å². The fourth-order valence-electron chi connectivity index (χ4n) is 2.78. The van der Waals surface area contributed by atoms with Gasteiger partial charge < -0.3 is 11.1 Å². The van der Waals surface area contributed by atoms with E-state index in [0.717, 1.165) is 29.3 Å². The van der Waals surface area contributed by atoms with E-state index in [1.54, 1.807) is 0 Å². The van der Waals surface area contributed by atoms with Crippen LogP contribution in [0, 0.1) is 5.41 Å². The Kier molecular flexibility index (Phi) is 3.45. The van der Waals surface area contributed by atoms with Gasteiger partial charge in [0.05, 0.1) is 0 Å². The van der Waals surface area contributed by atoms with Gasteiger partial charge in [-0.3, -0.25) is 4.79 Å². The minimum absolute atomic E-state index is 0.0186. The van der Waals surface area contributed by atoms with Gasteiger partial charge in [0, 0.05) is 12.1 Å². The summed E-state index contributed by atoms with van der Waals surface area (Å²) in [7, 11) is 0. The molecule has 2 aromatic carbocycles. The largest absolute Gasteiger partial charge is 0.351 e. The molecule has 1 amide bonds. The zero-order valence-corrected chi connectivity index (χ0v) is 11.6. The van der Waals surface area contributed by atoms with Crippen LogP contribution in [0.2, 0.25) is 0 Å². The van der Waals surface area contributed by atoms with Gasteiger partial charge in [0.15, 0.2) is 0 Å². The molecule has 1 saturated carbocycles. The second-order valence-corrected chi connectivity index (χ2v) is 5.75. The first-order valence-corrected chi connectivity index (χ1v) is 7.20. The van der Waals surface area contributed by atoms with E-state index in [1.165, 1.54) is 12.8 Å². The van der Waals surface area contributed by atoms with Crippen LogP contribution in [0.5, 0.6) is 0 Å². The minimum atomic E-state index is 0.0186. The number of amides is 1. The van der Waals surface area contributed by atoms with Crippen molar-refractivity contribution in [3.63, 3.8) is 0 Å². The molecule has 0 aliphatic heterocycles. The molecule has 3 N–H and O–H groups in total. The highest BCUT2D eigenvalue weighted by Gasteiger charge is 2.41. The van der Waals surface area contributed by atoms with Crippen molar-refractivity contribution in [2.45, 2.75) is 19.3 Å². The Morgan fingerprint density at radius 3 is 2.65 bits per heavy atom. The Hall–Kier alpha value is -1.87. The van der Waals surface area contributed by atoms with Crippen molar-refractivity contribution >= 4 is 16.7 Å². The summed E-state index contributed by atoms with van der Waals surface area (Å²) in [6.07, 6.45) is 3.36. The van der Waals surface area contributed by atoms with Gasteiger partial charge in [-0.05, 0) is 48.1 Å². The Bertz CT molecular complexity index is 626. The second kappa shape index (κ2) is 5.25. The van der Waals surface area contributed by atoms with Crippen LogP contribution in [0.3, 0.4) is 0 Å². The predicted octanol–water partition coefficient (Wildman–Crippen LogP) is 2.70. The first-order valence-electron chi connectivity index (χ1n) is 7.20. The number of fused-ring (bicyclic) bond motifs is 1. The highest BCUT2D eigenvalue weighted by Crippen LogP contribution is 2.47. The normalized spacial score (nSPS) is 16.1. The molecule has 0 saturated heterocycles. The lowest BCUT2D eigenvalue weighted by atomic mass is 10.0. The quantitative estimate of drug-likeness (QED) is 0.876. The first kappa shape index (κ1) is 13.1. The molecule has 0 atom stereocenters. The van der Waals surface area contributed by atoms with E-state index in [0.29, 0.717) is 6.54 Å². The van der Waals surface area contributed by atoms with E-state index >= 15 is 0 Å². The highest BCUT2D eigenvalue weighted by molar-refractivity contribution is 6.07. The second-order valence-electron chi connectivity index (χ2n) is 5.75. The topological polar surface area (TPSA) is 55.1 Å². The number of hydrogen-bond acceptors (Lipinski definition) is 2. The number of carbonyl (C=O) groups is 1. The third-order valence-corrected chi connectivity index (χ3v) is 4.29. The first-order chi connectivity index (χ1) is 9.74. The van der Waals surface area contributed by atoms with Crippen molar-refractivity contribution < 1.29 is 4.79 Å². The lowest BCUT2D eigenvalue weighted by molar-refractivity contribution is 0.0945. The molecule has 1 aliphatic carbocycles. The lowest BCUT2D eigenvalue weighted by Crippen LogP contribution is -2.31. The summed E-state index contributed by atoms with van der Waals surface area (Å²) >= 11 is 0. The summed E-state index contributed by atoms with van der Waals surface area (Å²) in [5, 5.41) is 5.19. The van der Waals surface area contributed by atoms with E-state index in [1.807, 2.05) is 42.5 Å². The van der Waals surface area contributed by atoms with Gasteiger partial charge in [0.1, 0.15) is 0 Å². The monoisotopic (exact) mass is 268 g/mol. The van der Waals surface area contributed by atoms with Crippen LogP contribution in [0.15, 0.2) is 42.5 Å². The summed E-state index contributed by atoms with van der Waals surface area (Å²) in [5.74, 6) is 0.0186. The number of carbonyl (C=O) groups excluding carboxylic acids is 1. The zero-order valence-electron chi connectivity index (χ0n) is 11.6. The van der Waals surface area contributed by atoms with Crippen molar-refractivity contribution in [1.82, 2.24) is 5.32 Å². The molecular weight excluding hydrogens is 248 g/mol. The molecule has 3 heteroatoms. The average molecular weight is 268 g/mol. The third kappa shape index (κ3) is 2.54. The summed E-state index contributed by atoms with van der Waals surface area (Å²) in [5.41, 5.74) is 6.66. The van der Waals surface area contributed by atoms with Gasteiger partial charge in [-0.2, -0.15) is 0 Å². The van der Waals surface area contributed by atoms with E-state index in [4.69, 9.17) is 5.73 Å². The fourth-order valence-corrected chi connectivity index (χ4v) is 2.78. The zero-order chi connectivity index (χ0) is 14.0. The Morgan fingerprint density at radius 1 is 1.15 bits per heavy atom. The predicted molar refractivity (Wildman–Crippen MR) is 81.6 cm³/mol. The number of nitrogens with one attached hydrogen (secondary N) is 1. The Labute approximate surface area is 119 Å². The van der Waals surface area contributed by atoms with E-state index in [9.17, 15) is 4.79 Å². The van der Waals surface area contributed by atoms with Gasteiger partial charge in [0.25, 0.3) is 5.91 Å². The third-order valence-electron chi connectivity index (χ3n) is 4.29. The number of rotatable bonds is 5. The number of nitrogens with two attached hydrogens (primary N) is 1. The summed E-state index contributed by atoms with van der Waals surface area (Å²) in [4.78, 5) is 12.4. The van der Waals surface area contributed by atoms with Crippen LogP contribution in [-0.4, -0.2) is 19.0 Å². The molecule has 0 bridgehead atoms.